The second kappa shape index (κ2) is 5.85. The van der Waals surface area contributed by atoms with Gasteiger partial charge in [-0.15, -0.1) is 5.10 Å². The van der Waals surface area contributed by atoms with Crippen LogP contribution in [0, 0.1) is 0 Å². The van der Waals surface area contributed by atoms with Crippen molar-refractivity contribution in [3.8, 4) is 0 Å². The lowest BCUT2D eigenvalue weighted by atomic mass is 10.1. The van der Waals surface area contributed by atoms with Crippen LogP contribution < -0.4 is 5.73 Å². The van der Waals surface area contributed by atoms with Crippen LogP contribution in [0.15, 0.2) is 42.9 Å². The Kier molecular flexibility index (Phi) is 3.66. The van der Waals surface area contributed by atoms with Crippen LogP contribution in [0.4, 0.5) is 0 Å². The fourth-order valence-electron chi connectivity index (χ4n) is 3.14. The number of amides is 1. The molecule has 1 aliphatic rings. The van der Waals surface area contributed by atoms with E-state index in [1.54, 1.807) is 40.3 Å². The van der Waals surface area contributed by atoms with Gasteiger partial charge < -0.3 is 10.6 Å². The van der Waals surface area contributed by atoms with Gasteiger partial charge in [-0.3, -0.25) is 9.78 Å². The van der Waals surface area contributed by atoms with Gasteiger partial charge >= 0.3 is 0 Å². The summed E-state index contributed by atoms with van der Waals surface area (Å²) in [5.74, 6) is -0.126. The van der Waals surface area contributed by atoms with Crippen LogP contribution in [0.2, 0.25) is 5.02 Å². The first-order valence-electron chi connectivity index (χ1n) is 7.58. The summed E-state index contributed by atoms with van der Waals surface area (Å²) in [6.45, 7) is 0.925. The molecule has 0 spiro atoms. The van der Waals surface area contributed by atoms with E-state index >= 15 is 0 Å². The van der Waals surface area contributed by atoms with Gasteiger partial charge in [0, 0.05) is 41.9 Å². The van der Waals surface area contributed by atoms with Gasteiger partial charge in [0.1, 0.15) is 0 Å². The summed E-state index contributed by atoms with van der Waals surface area (Å²) in [6.07, 6.45) is 5.03. The predicted molar refractivity (Wildman–Crippen MR) is 89.7 cm³/mol. The van der Waals surface area contributed by atoms with Crippen molar-refractivity contribution in [2.24, 2.45) is 5.73 Å². The highest BCUT2D eigenvalue weighted by Gasteiger charge is 2.35. The molecule has 0 saturated carbocycles. The fourth-order valence-corrected chi connectivity index (χ4v) is 3.37. The normalized spacial score (nSPS) is 20.7. The number of hydrogen-bond acceptors (Lipinski definition) is 5. The van der Waals surface area contributed by atoms with Crippen LogP contribution in [0.5, 0.6) is 0 Å². The first kappa shape index (κ1) is 15.0. The third-order valence-electron chi connectivity index (χ3n) is 4.30. The molecule has 122 valence electrons. The minimum Gasteiger partial charge on any atom is -0.335 e. The van der Waals surface area contributed by atoms with Crippen LogP contribution in [0.25, 0.3) is 10.9 Å². The molecular weight excluding hydrogens is 328 g/mol. The highest BCUT2D eigenvalue weighted by atomic mass is 35.5. The number of aromatic nitrogens is 4. The number of halogens is 1. The minimum atomic E-state index is -0.200. The molecule has 0 bridgehead atoms. The van der Waals surface area contributed by atoms with E-state index in [0.717, 1.165) is 5.39 Å². The summed E-state index contributed by atoms with van der Waals surface area (Å²) in [4.78, 5) is 19.1. The van der Waals surface area contributed by atoms with Gasteiger partial charge in [-0.25, -0.2) is 4.68 Å². The fraction of sp³-hybridized carbons (Fsp3) is 0.250. The van der Waals surface area contributed by atoms with E-state index in [1.165, 1.54) is 0 Å². The molecule has 2 atom stereocenters. The highest BCUT2D eigenvalue weighted by molar-refractivity contribution is 6.32. The first-order valence-corrected chi connectivity index (χ1v) is 7.96. The van der Waals surface area contributed by atoms with Crippen LogP contribution >= 0.6 is 11.6 Å². The van der Waals surface area contributed by atoms with Gasteiger partial charge in [-0.1, -0.05) is 22.9 Å². The summed E-state index contributed by atoms with van der Waals surface area (Å²) in [6, 6.07) is 6.88. The van der Waals surface area contributed by atoms with Crippen LogP contribution in [0.1, 0.15) is 16.4 Å². The lowest BCUT2D eigenvalue weighted by molar-refractivity contribution is 0.0787. The van der Waals surface area contributed by atoms with Gasteiger partial charge in [0.25, 0.3) is 5.91 Å². The molecule has 4 rings (SSSR count). The van der Waals surface area contributed by atoms with Crippen molar-refractivity contribution in [2.45, 2.75) is 12.1 Å². The molecule has 8 heteroatoms. The van der Waals surface area contributed by atoms with Crippen molar-refractivity contribution in [2.75, 3.05) is 13.1 Å². The Balaban J connectivity index is 1.68. The Bertz CT molecular complexity index is 897. The third-order valence-corrected chi connectivity index (χ3v) is 4.52. The van der Waals surface area contributed by atoms with E-state index < -0.39 is 0 Å². The van der Waals surface area contributed by atoms with E-state index in [9.17, 15) is 4.79 Å². The van der Waals surface area contributed by atoms with Crippen LogP contribution in [-0.4, -0.2) is 49.9 Å². The van der Waals surface area contributed by atoms with Gasteiger partial charge in [0.15, 0.2) is 0 Å². The Morgan fingerprint density at radius 3 is 2.96 bits per heavy atom. The van der Waals surface area contributed by atoms with E-state index in [2.05, 4.69) is 15.3 Å². The summed E-state index contributed by atoms with van der Waals surface area (Å²) >= 11 is 6.17. The third kappa shape index (κ3) is 2.51. The number of nitrogens with zero attached hydrogens (tertiary/aromatic N) is 5. The Labute approximate surface area is 143 Å². The maximum atomic E-state index is 13.0. The molecule has 1 aliphatic heterocycles. The van der Waals surface area contributed by atoms with Crippen molar-refractivity contribution in [1.29, 1.82) is 0 Å². The molecule has 7 nitrogen and oxygen atoms in total. The summed E-state index contributed by atoms with van der Waals surface area (Å²) in [5.41, 5.74) is 7.33. The average molecular weight is 343 g/mol. The molecule has 0 radical (unpaired) electrons. The van der Waals surface area contributed by atoms with Gasteiger partial charge in [0.05, 0.1) is 23.3 Å². The molecular formula is C16H15ClN6O. The number of likely N-dealkylation sites (tertiary alicyclic amines) is 1. The number of carbonyl (C=O) groups is 1. The zero-order valence-corrected chi connectivity index (χ0v) is 13.5. The molecule has 1 aromatic carbocycles. The van der Waals surface area contributed by atoms with Crippen LogP contribution in [-0.2, 0) is 0 Å². The molecule has 24 heavy (non-hydrogen) atoms. The number of nitrogens with two attached hydrogens (primary N) is 1. The number of benzene rings is 1. The van der Waals surface area contributed by atoms with Crippen molar-refractivity contribution in [1.82, 2.24) is 24.9 Å². The molecule has 3 heterocycles. The SMILES string of the molecule is N[C@@H]1CN(C(=O)c2cc(Cl)cc3cccnc23)C[C@@H]1n1ccnn1. The van der Waals surface area contributed by atoms with E-state index in [0.29, 0.717) is 29.2 Å². The highest BCUT2D eigenvalue weighted by Crippen LogP contribution is 2.26. The Hall–Kier alpha value is -2.51. The molecule has 0 aliphatic carbocycles. The van der Waals surface area contributed by atoms with Crippen molar-refractivity contribution < 1.29 is 4.79 Å². The van der Waals surface area contributed by atoms with E-state index in [4.69, 9.17) is 17.3 Å². The van der Waals surface area contributed by atoms with Crippen molar-refractivity contribution >= 4 is 28.4 Å². The number of fused-ring (bicyclic) bond motifs is 1. The number of pyridine rings is 1. The number of hydrogen-bond donors (Lipinski definition) is 1. The number of rotatable bonds is 2. The molecule has 1 amide bonds. The first-order chi connectivity index (χ1) is 11.6. The molecule has 1 fully saturated rings. The predicted octanol–water partition coefficient (Wildman–Crippen LogP) is 1.50. The van der Waals surface area contributed by atoms with E-state index in [1.807, 2.05) is 12.1 Å². The molecule has 2 N–H and O–H groups in total. The standard InChI is InChI=1S/C16H15ClN6O/c17-11-6-10-2-1-3-19-15(10)12(7-11)16(24)22-8-13(18)14(9-22)23-5-4-20-21-23/h1-7,13-14H,8-9,18H2/t13-,14+/m1/s1. The minimum absolute atomic E-state index is 0.0881. The average Bonchev–Trinajstić information content (AvgIpc) is 3.22. The largest absolute Gasteiger partial charge is 0.335 e. The second-order valence-corrected chi connectivity index (χ2v) is 6.29. The molecule has 2 aromatic heterocycles. The van der Waals surface area contributed by atoms with Crippen molar-refractivity contribution in [3.63, 3.8) is 0 Å². The maximum absolute atomic E-state index is 13.0. The lowest BCUT2D eigenvalue weighted by Crippen LogP contribution is -2.33. The van der Waals surface area contributed by atoms with E-state index in [-0.39, 0.29) is 18.0 Å². The second-order valence-electron chi connectivity index (χ2n) is 5.85. The Morgan fingerprint density at radius 2 is 2.17 bits per heavy atom. The van der Waals surface area contributed by atoms with Gasteiger partial charge in [0.2, 0.25) is 0 Å². The lowest BCUT2D eigenvalue weighted by Gasteiger charge is -2.17. The summed E-state index contributed by atoms with van der Waals surface area (Å²) in [5, 5.41) is 9.15. The molecule has 3 aromatic rings. The monoisotopic (exact) mass is 342 g/mol. The van der Waals surface area contributed by atoms with Crippen LogP contribution in [0.3, 0.4) is 0 Å². The quantitative estimate of drug-likeness (QED) is 0.762. The Morgan fingerprint density at radius 1 is 1.29 bits per heavy atom. The summed E-state index contributed by atoms with van der Waals surface area (Å²) < 4.78 is 1.70. The number of carbonyl (C=O) groups excluding carboxylic acids is 1. The molecule has 0 unspecified atom stereocenters. The van der Waals surface area contributed by atoms with Gasteiger partial charge in [-0.05, 0) is 18.2 Å². The van der Waals surface area contributed by atoms with Gasteiger partial charge in [-0.2, -0.15) is 0 Å². The maximum Gasteiger partial charge on any atom is 0.256 e. The molecule has 1 saturated heterocycles. The summed E-state index contributed by atoms with van der Waals surface area (Å²) in [7, 11) is 0. The zero-order valence-electron chi connectivity index (χ0n) is 12.7. The smallest absolute Gasteiger partial charge is 0.256 e. The topological polar surface area (TPSA) is 89.9 Å². The zero-order chi connectivity index (χ0) is 16.7. The van der Waals surface area contributed by atoms with Crippen molar-refractivity contribution in [3.05, 3.63) is 53.4 Å².